The maximum Gasteiger partial charge on any atom is 0.227 e. The smallest absolute Gasteiger partial charge is 0.227 e. The highest BCUT2D eigenvalue weighted by molar-refractivity contribution is 7.80. The molecule has 1 aromatic rings. The van der Waals surface area contributed by atoms with E-state index in [0.717, 1.165) is 0 Å². The molecule has 1 atom stereocenters. The number of carbonyl (C=O) groups is 1. The van der Waals surface area contributed by atoms with E-state index in [1.165, 1.54) is 7.11 Å². The molecule has 1 saturated heterocycles. The van der Waals surface area contributed by atoms with Crippen molar-refractivity contribution in [2.45, 2.75) is 6.42 Å². The maximum atomic E-state index is 11.8. The molecule has 1 fully saturated rings. The Kier molecular flexibility index (Phi) is 3.47. The Morgan fingerprint density at radius 1 is 1.59 bits per heavy atom. The van der Waals surface area contributed by atoms with E-state index in [1.807, 2.05) is 0 Å². The zero-order chi connectivity index (χ0) is 12.4. The Hall–Kier alpha value is -1.36. The highest BCUT2D eigenvalue weighted by atomic mass is 32.1. The van der Waals surface area contributed by atoms with Gasteiger partial charge in [-0.2, -0.15) is 12.6 Å². The van der Waals surface area contributed by atoms with Crippen LogP contribution in [-0.2, 0) is 4.79 Å². The first kappa shape index (κ1) is 12.1. The normalized spacial score (nSPS) is 19.8. The number of hydrogen-bond donors (Lipinski definition) is 2. The van der Waals surface area contributed by atoms with Crippen molar-refractivity contribution in [3.63, 3.8) is 0 Å². The first-order valence-corrected chi connectivity index (χ1v) is 6.07. The van der Waals surface area contributed by atoms with Crippen molar-refractivity contribution in [1.29, 1.82) is 0 Å². The van der Waals surface area contributed by atoms with Crippen molar-refractivity contribution in [1.82, 2.24) is 0 Å². The van der Waals surface area contributed by atoms with Crippen molar-refractivity contribution in [3.05, 3.63) is 18.2 Å². The number of nitrogens with zero attached hydrogens (tertiary/aromatic N) is 1. The summed E-state index contributed by atoms with van der Waals surface area (Å²) in [4.78, 5) is 13.5. The number of amides is 1. The van der Waals surface area contributed by atoms with Crippen molar-refractivity contribution in [2.24, 2.45) is 5.92 Å². The lowest BCUT2D eigenvalue weighted by molar-refractivity contribution is -0.117. The average Bonchev–Trinajstić information content (AvgIpc) is 2.70. The summed E-state index contributed by atoms with van der Waals surface area (Å²) in [7, 11) is 1.49. The standard InChI is InChI=1S/C12H15NO3S/c1-16-11-3-2-9(5-10(11)14)13-6-8(7-17)4-12(13)15/h2-3,5,8,14,17H,4,6-7H2,1H3. The molecule has 4 nitrogen and oxygen atoms in total. The molecule has 5 heteroatoms. The van der Waals surface area contributed by atoms with E-state index in [1.54, 1.807) is 23.1 Å². The molecule has 1 N–H and O–H groups in total. The largest absolute Gasteiger partial charge is 0.504 e. The highest BCUT2D eigenvalue weighted by Gasteiger charge is 2.29. The van der Waals surface area contributed by atoms with Crippen LogP contribution in [-0.4, -0.2) is 30.4 Å². The topological polar surface area (TPSA) is 49.8 Å². The Balaban J connectivity index is 2.23. The fourth-order valence-corrected chi connectivity index (χ4v) is 2.24. The molecule has 0 radical (unpaired) electrons. The van der Waals surface area contributed by atoms with Gasteiger partial charge in [0.25, 0.3) is 0 Å². The van der Waals surface area contributed by atoms with Gasteiger partial charge < -0.3 is 14.7 Å². The summed E-state index contributed by atoms with van der Waals surface area (Å²) < 4.78 is 4.97. The number of aromatic hydroxyl groups is 1. The Morgan fingerprint density at radius 2 is 2.35 bits per heavy atom. The molecular formula is C12H15NO3S. The second-order valence-corrected chi connectivity index (χ2v) is 4.48. The number of anilines is 1. The average molecular weight is 253 g/mol. The molecule has 1 unspecified atom stereocenters. The summed E-state index contributed by atoms with van der Waals surface area (Å²) in [5.74, 6) is 1.52. The van der Waals surface area contributed by atoms with Crippen LogP contribution >= 0.6 is 12.6 Å². The monoisotopic (exact) mass is 253 g/mol. The number of ether oxygens (including phenoxy) is 1. The second-order valence-electron chi connectivity index (χ2n) is 4.11. The molecule has 92 valence electrons. The summed E-state index contributed by atoms with van der Waals surface area (Å²) in [5, 5.41) is 9.68. The van der Waals surface area contributed by atoms with Crippen LogP contribution in [0.4, 0.5) is 5.69 Å². The lowest BCUT2D eigenvalue weighted by atomic mass is 10.1. The molecule has 0 spiro atoms. The molecule has 2 rings (SSSR count). The molecular weight excluding hydrogens is 238 g/mol. The van der Waals surface area contributed by atoms with Crippen LogP contribution in [0.1, 0.15) is 6.42 Å². The number of carbonyl (C=O) groups excluding carboxylic acids is 1. The predicted molar refractivity (Wildman–Crippen MR) is 69.0 cm³/mol. The molecule has 0 aromatic heterocycles. The molecule has 0 bridgehead atoms. The third kappa shape index (κ3) is 2.34. The second kappa shape index (κ2) is 4.87. The number of benzene rings is 1. The maximum absolute atomic E-state index is 11.8. The number of thiol groups is 1. The zero-order valence-corrected chi connectivity index (χ0v) is 10.5. The van der Waals surface area contributed by atoms with Gasteiger partial charge in [0.15, 0.2) is 11.5 Å². The number of phenols is 1. The predicted octanol–water partition coefficient (Wildman–Crippen LogP) is 1.68. The van der Waals surface area contributed by atoms with Gasteiger partial charge in [-0.15, -0.1) is 0 Å². The number of phenolic OH excluding ortho intramolecular Hbond substituents is 1. The summed E-state index contributed by atoms with van der Waals surface area (Å²) in [6.07, 6.45) is 0.524. The molecule has 1 aliphatic rings. The van der Waals surface area contributed by atoms with Gasteiger partial charge in [-0.1, -0.05) is 0 Å². The minimum absolute atomic E-state index is 0.0483. The van der Waals surface area contributed by atoms with Gasteiger partial charge in [-0.05, 0) is 23.8 Å². The minimum atomic E-state index is 0.0483. The molecule has 17 heavy (non-hydrogen) atoms. The summed E-state index contributed by atoms with van der Waals surface area (Å²) in [6, 6.07) is 4.99. The van der Waals surface area contributed by atoms with Crippen molar-refractivity contribution < 1.29 is 14.6 Å². The molecule has 1 aliphatic heterocycles. The summed E-state index contributed by atoms with van der Waals surface area (Å²) in [6.45, 7) is 0.661. The lowest BCUT2D eigenvalue weighted by Gasteiger charge is -2.17. The van der Waals surface area contributed by atoms with Gasteiger partial charge in [0.05, 0.1) is 7.11 Å². The SMILES string of the molecule is COc1ccc(N2CC(CS)CC2=O)cc1O. The lowest BCUT2D eigenvalue weighted by Crippen LogP contribution is -2.24. The summed E-state index contributed by atoms with van der Waals surface area (Å²) >= 11 is 4.21. The Bertz CT molecular complexity index is 436. The molecule has 1 aromatic carbocycles. The quantitative estimate of drug-likeness (QED) is 0.806. The van der Waals surface area contributed by atoms with Crippen molar-refractivity contribution in [3.8, 4) is 11.5 Å². The van der Waals surface area contributed by atoms with Crippen LogP contribution in [0.2, 0.25) is 0 Å². The first-order valence-electron chi connectivity index (χ1n) is 5.44. The Morgan fingerprint density at radius 3 is 2.88 bits per heavy atom. The van der Waals surface area contributed by atoms with Crippen molar-refractivity contribution >= 4 is 24.2 Å². The molecule has 0 aliphatic carbocycles. The van der Waals surface area contributed by atoms with Gasteiger partial charge in [-0.25, -0.2) is 0 Å². The van der Waals surface area contributed by atoms with Crippen LogP contribution in [0.15, 0.2) is 18.2 Å². The highest BCUT2D eigenvalue weighted by Crippen LogP contribution is 2.33. The van der Waals surface area contributed by atoms with E-state index < -0.39 is 0 Å². The van der Waals surface area contributed by atoms with Gasteiger partial charge >= 0.3 is 0 Å². The summed E-state index contributed by atoms with van der Waals surface area (Å²) in [5.41, 5.74) is 0.706. The molecule has 1 heterocycles. The van der Waals surface area contributed by atoms with Gasteiger partial charge in [0.1, 0.15) is 0 Å². The van der Waals surface area contributed by atoms with Crippen molar-refractivity contribution in [2.75, 3.05) is 24.3 Å². The van der Waals surface area contributed by atoms with Gasteiger partial charge in [0, 0.05) is 24.7 Å². The van der Waals surface area contributed by atoms with Crippen LogP contribution < -0.4 is 9.64 Å². The number of rotatable bonds is 3. The third-order valence-corrected chi connectivity index (χ3v) is 3.45. The Labute approximate surface area is 106 Å². The van der Waals surface area contributed by atoms with E-state index in [-0.39, 0.29) is 17.6 Å². The zero-order valence-electron chi connectivity index (χ0n) is 9.59. The van der Waals surface area contributed by atoms with E-state index in [0.29, 0.717) is 30.2 Å². The van der Waals surface area contributed by atoms with Crippen LogP contribution in [0.25, 0.3) is 0 Å². The number of hydrogen-bond acceptors (Lipinski definition) is 4. The third-order valence-electron chi connectivity index (χ3n) is 2.94. The van der Waals surface area contributed by atoms with Gasteiger partial charge in [0.2, 0.25) is 5.91 Å². The number of methoxy groups -OCH3 is 1. The molecule has 1 amide bonds. The molecule has 0 saturated carbocycles. The first-order chi connectivity index (χ1) is 8.15. The van der Waals surface area contributed by atoms with E-state index in [9.17, 15) is 9.90 Å². The van der Waals surface area contributed by atoms with E-state index in [2.05, 4.69) is 12.6 Å². The van der Waals surface area contributed by atoms with E-state index in [4.69, 9.17) is 4.74 Å². The van der Waals surface area contributed by atoms with Gasteiger partial charge in [-0.3, -0.25) is 4.79 Å². The minimum Gasteiger partial charge on any atom is -0.504 e. The van der Waals surface area contributed by atoms with Crippen LogP contribution in [0.3, 0.4) is 0 Å². The van der Waals surface area contributed by atoms with E-state index >= 15 is 0 Å². The fraction of sp³-hybridized carbons (Fsp3) is 0.417. The fourth-order valence-electron chi connectivity index (χ4n) is 2.00. The van der Waals surface area contributed by atoms with Crippen LogP contribution in [0.5, 0.6) is 11.5 Å². The van der Waals surface area contributed by atoms with Crippen LogP contribution in [0, 0.1) is 5.92 Å².